The van der Waals surface area contributed by atoms with E-state index < -0.39 is 0 Å². The Morgan fingerprint density at radius 1 is 1.58 bits per heavy atom. The van der Waals surface area contributed by atoms with E-state index in [0.717, 1.165) is 6.21 Å². The van der Waals surface area contributed by atoms with Gasteiger partial charge in [-0.3, -0.25) is 9.59 Å². The van der Waals surface area contributed by atoms with Crippen molar-refractivity contribution in [1.29, 1.82) is 0 Å². The number of rotatable bonds is 5. The van der Waals surface area contributed by atoms with Gasteiger partial charge in [0.05, 0.1) is 0 Å². The topological polar surface area (TPSA) is 70.5 Å². The normalized spacial score (nSPS) is 11.5. The van der Waals surface area contributed by atoms with Crippen LogP contribution in [0, 0.1) is 5.92 Å². The van der Waals surface area contributed by atoms with Crippen molar-refractivity contribution in [3.8, 4) is 0 Å². The molecule has 4 heteroatoms. The zero-order valence-electron chi connectivity index (χ0n) is 7.28. The van der Waals surface area contributed by atoms with Gasteiger partial charge in [0, 0.05) is 12.3 Å². The second-order valence-corrected chi connectivity index (χ2v) is 2.76. The van der Waals surface area contributed by atoms with E-state index in [0.29, 0.717) is 6.42 Å². The lowest BCUT2D eigenvalue weighted by atomic mass is 10.0. The molecule has 0 aliphatic carbocycles. The van der Waals surface area contributed by atoms with E-state index in [9.17, 15) is 9.59 Å². The summed E-state index contributed by atoms with van der Waals surface area (Å²) in [7, 11) is 0. The third kappa shape index (κ3) is 4.52. The minimum atomic E-state index is -0.259. The van der Waals surface area contributed by atoms with Crippen LogP contribution in [0.1, 0.15) is 26.7 Å². The van der Waals surface area contributed by atoms with Crippen LogP contribution in [0.25, 0.3) is 5.53 Å². The van der Waals surface area contributed by atoms with Gasteiger partial charge in [0.1, 0.15) is 5.78 Å². The van der Waals surface area contributed by atoms with E-state index >= 15 is 0 Å². The zero-order valence-corrected chi connectivity index (χ0v) is 7.28. The van der Waals surface area contributed by atoms with Crippen molar-refractivity contribution < 1.29 is 14.4 Å². The number of carbonyl (C=O) groups is 2. The Kier molecular flexibility index (Phi) is 4.81. The molecule has 0 aromatic rings. The van der Waals surface area contributed by atoms with E-state index in [-0.39, 0.29) is 23.9 Å². The number of Topliss-reactive ketones (excluding diaryl/α,β-unsaturated/α-hetero) is 2. The fourth-order valence-corrected chi connectivity index (χ4v) is 0.691. The summed E-state index contributed by atoms with van der Waals surface area (Å²) in [6, 6.07) is 0. The van der Waals surface area contributed by atoms with Crippen LogP contribution in [-0.4, -0.2) is 22.6 Å². The first-order valence-electron chi connectivity index (χ1n) is 3.78. The van der Waals surface area contributed by atoms with E-state index in [1.165, 1.54) is 6.92 Å². The van der Waals surface area contributed by atoms with Crippen LogP contribution >= 0.6 is 0 Å². The van der Waals surface area contributed by atoms with Crippen molar-refractivity contribution in [2.24, 2.45) is 5.92 Å². The van der Waals surface area contributed by atoms with E-state index in [4.69, 9.17) is 5.53 Å². The molecule has 0 N–H and O–H groups in total. The summed E-state index contributed by atoms with van der Waals surface area (Å²) < 4.78 is 0. The molecule has 0 bridgehead atoms. The minimum Gasteiger partial charge on any atom is -0.361 e. The Hall–Kier alpha value is -1.28. The molecule has 12 heavy (non-hydrogen) atoms. The predicted molar refractivity (Wildman–Crippen MR) is 43.8 cm³/mol. The Morgan fingerprint density at radius 2 is 2.17 bits per heavy atom. The number of nitrogens with zero attached hydrogens (tertiary/aromatic N) is 2. The quantitative estimate of drug-likeness (QED) is 0.347. The van der Waals surface area contributed by atoms with Crippen molar-refractivity contribution >= 4 is 17.8 Å². The maximum atomic E-state index is 10.7. The Bertz CT molecular complexity index is 229. The van der Waals surface area contributed by atoms with Gasteiger partial charge in [-0.25, -0.2) is 0 Å². The molecule has 0 heterocycles. The molecule has 0 amide bonds. The van der Waals surface area contributed by atoms with Gasteiger partial charge in [0.2, 0.25) is 5.78 Å². The molecule has 0 saturated carbocycles. The Labute approximate surface area is 71.2 Å². The Morgan fingerprint density at radius 3 is 2.58 bits per heavy atom. The highest BCUT2D eigenvalue weighted by Gasteiger charge is 2.10. The van der Waals surface area contributed by atoms with Crippen LogP contribution in [0.2, 0.25) is 0 Å². The number of hydrogen-bond acceptors (Lipinski definition) is 2. The molecule has 0 rings (SSSR count). The van der Waals surface area contributed by atoms with Crippen LogP contribution in [-0.2, 0) is 9.59 Å². The lowest BCUT2D eigenvalue weighted by Gasteiger charge is -2.02. The lowest BCUT2D eigenvalue weighted by molar-refractivity contribution is -0.121. The van der Waals surface area contributed by atoms with Gasteiger partial charge < -0.3 is 5.53 Å². The molecule has 0 radical (unpaired) electrons. The smallest absolute Gasteiger partial charge is 0.323 e. The second-order valence-electron chi connectivity index (χ2n) is 2.76. The molecule has 0 aromatic carbocycles. The molecule has 1 atom stereocenters. The number of ketones is 2. The summed E-state index contributed by atoms with van der Waals surface area (Å²) >= 11 is 0. The van der Waals surface area contributed by atoms with Crippen LogP contribution in [0.4, 0.5) is 0 Å². The lowest BCUT2D eigenvalue weighted by Crippen LogP contribution is -2.09. The van der Waals surface area contributed by atoms with Gasteiger partial charge in [-0.2, -0.15) is 4.79 Å². The van der Waals surface area contributed by atoms with Crippen molar-refractivity contribution in [1.82, 2.24) is 0 Å². The van der Waals surface area contributed by atoms with Crippen molar-refractivity contribution in [2.75, 3.05) is 0 Å². The Balaban J connectivity index is 3.75. The fraction of sp³-hybridized carbons (Fsp3) is 0.625. The molecule has 0 aliphatic heterocycles. The second kappa shape index (κ2) is 5.38. The number of hydrogen-bond donors (Lipinski definition) is 0. The van der Waals surface area contributed by atoms with Gasteiger partial charge in [0.15, 0.2) is 0 Å². The standard InChI is InChI=1S/C8H12N2O2/c1-6(7(2)11)3-4-8(12)5-10-9/h5-6H,3-4H2,1-2H3. The van der Waals surface area contributed by atoms with Gasteiger partial charge in [-0.15, -0.1) is 0 Å². The van der Waals surface area contributed by atoms with Gasteiger partial charge >= 0.3 is 6.21 Å². The highest BCUT2D eigenvalue weighted by atomic mass is 16.1. The van der Waals surface area contributed by atoms with Gasteiger partial charge in [-0.05, 0) is 13.3 Å². The predicted octanol–water partition coefficient (Wildman–Crippen LogP) is 0.861. The SMILES string of the molecule is CC(=O)C(C)CCC(=O)C=[N+]=[N-]. The van der Waals surface area contributed by atoms with Gasteiger partial charge in [-0.1, -0.05) is 6.92 Å². The monoisotopic (exact) mass is 168 g/mol. The molecule has 0 saturated heterocycles. The summed E-state index contributed by atoms with van der Waals surface area (Å²) in [6.07, 6.45) is 1.62. The van der Waals surface area contributed by atoms with E-state index in [1.807, 2.05) is 0 Å². The summed E-state index contributed by atoms with van der Waals surface area (Å²) in [6.45, 7) is 3.26. The molecule has 1 unspecified atom stereocenters. The fourth-order valence-electron chi connectivity index (χ4n) is 0.691. The van der Waals surface area contributed by atoms with Gasteiger partial charge in [0.25, 0.3) is 0 Å². The minimum absolute atomic E-state index is 0.0729. The van der Waals surface area contributed by atoms with Crippen LogP contribution in [0.15, 0.2) is 0 Å². The van der Waals surface area contributed by atoms with Crippen molar-refractivity contribution in [3.63, 3.8) is 0 Å². The zero-order chi connectivity index (χ0) is 9.56. The summed E-state index contributed by atoms with van der Waals surface area (Å²) in [5.41, 5.74) is 7.99. The first-order chi connectivity index (χ1) is 5.57. The third-order valence-electron chi connectivity index (χ3n) is 1.72. The average Bonchev–Trinajstić information content (AvgIpc) is 2.00. The highest BCUT2D eigenvalue weighted by molar-refractivity contribution is 6.25. The largest absolute Gasteiger partial charge is 0.361 e. The first kappa shape index (κ1) is 10.7. The van der Waals surface area contributed by atoms with E-state index in [1.54, 1.807) is 6.92 Å². The molecule has 0 aliphatic rings. The molecule has 0 spiro atoms. The van der Waals surface area contributed by atoms with E-state index in [2.05, 4.69) is 4.79 Å². The van der Waals surface area contributed by atoms with Crippen molar-refractivity contribution in [2.45, 2.75) is 26.7 Å². The maximum Gasteiger partial charge on any atom is 0.323 e. The molecule has 66 valence electrons. The highest BCUT2D eigenvalue weighted by Crippen LogP contribution is 2.05. The summed E-state index contributed by atoms with van der Waals surface area (Å²) in [4.78, 5) is 24.1. The molecule has 0 aromatic heterocycles. The molecular formula is C8H12N2O2. The summed E-state index contributed by atoms with van der Waals surface area (Å²) in [5, 5.41) is 0. The van der Waals surface area contributed by atoms with Crippen LogP contribution < -0.4 is 0 Å². The third-order valence-corrected chi connectivity index (χ3v) is 1.72. The average molecular weight is 168 g/mol. The molecule has 4 nitrogen and oxygen atoms in total. The van der Waals surface area contributed by atoms with Crippen molar-refractivity contribution in [3.05, 3.63) is 5.53 Å². The first-order valence-corrected chi connectivity index (χ1v) is 3.78. The number of carbonyl (C=O) groups excluding carboxylic acids is 2. The van der Waals surface area contributed by atoms with Crippen LogP contribution in [0.3, 0.4) is 0 Å². The summed E-state index contributed by atoms with van der Waals surface area (Å²) in [5.74, 6) is -0.282. The molecule has 0 fully saturated rings. The molecular weight excluding hydrogens is 156 g/mol. The van der Waals surface area contributed by atoms with Crippen LogP contribution in [0.5, 0.6) is 0 Å². The maximum absolute atomic E-state index is 10.7.